The monoisotopic (exact) mass is 350 g/mol. The van der Waals surface area contributed by atoms with Gasteiger partial charge in [0.1, 0.15) is 0 Å². The van der Waals surface area contributed by atoms with Crippen molar-refractivity contribution in [2.75, 3.05) is 0 Å². The molecule has 0 saturated heterocycles. The van der Waals surface area contributed by atoms with Gasteiger partial charge in [-0.05, 0) is 64.1 Å². The summed E-state index contributed by atoms with van der Waals surface area (Å²) in [6, 6.07) is 0. The van der Waals surface area contributed by atoms with Crippen molar-refractivity contribution in [3.8, 4) is 0 Å². The predicted molar refractivity (Wildman–Crippen MR) is 60.7 cm³/mol. The van der Waals surface area contributed by atoms with Crippen LogP contribution in [0.25, 0.3) is 0 Å². The van der Waals surface area contributed by atoms with Crippen LogP contribution in [0.2, 0.25) is 0 Å². The molecule has 1 aliphatic rings. The fraction of sp³-hybridized carbons (Fsp3) is 0.857. The standard InChI is InChI=1S/C7H12I2/c1-2-6-3-4-7(5-6)9-8/h6H,2-5H2,1H3. The number of hydrogen-bond acceptors (Lipinski definition) is 0. The van der Waals surface area contributed by atoms with Crippen molar-refractivity contribution >= 4 is 38.9 Å². The normalized spacial score (nSPS) is 32.7. The van der Waals surface area contributed by atoms with Gasteiger partial charge in [0.15, 0.2) is 0 Å². The average molecular weight is 350 g/mol. The second kappa shape index (κ2) is 4.26. The van der Waals surface area contributed by atoms with E-state index in [-0.39, 0.29) is 0 Å². The van der Waals surface area contributed by atoms with Crippen LogP contribution < -0.4 is 0 Å². The highest BCUT2D eigenvalue weighted by atomic mass is 128. The van der Waals surface area contributed by atoms with Crippen molar-refractivity contribution in [3.05, 3.63) is 0 Å². The molecule has 0 heterocycles. The highest BCUT2D eigenvalue weighted by molar-refractivity contribution is 15.0. The van der Waals surface area contributed by atoms with Gasteiger partial charge < -0.3 is 0 Å². The summed E-state index contributed by atoms with van der Waals surface area (Å²) in [6.07, 6.45) is 5.85. The Morgan fingerprint density at radius 3 is 2.89 bits per heavy atom. The molecule has 2 heteroatoms. The Kier molecular flexibility index (Phi) is 3.99. The Morgan fingerprint density at radius 1 is 1.78 bits per heavy atom. The third kappa shape index (κ3) is 2.44. The van der Waals surface area contributed by atoms with E-state index in [1.165, 1.54) is 25.7 Å². The van der Waals surface area contributed by atoms with Gasteiger partial charge in [0.25, 0.3) is 0 Å². The summed E-state index contributed by atoms with van der Waals surface area (Å²) >= 11 is 3.05. The van der Waals surface area contributed by atoms with Crippen LogP contribution in [0.4, 0.5) is 0 Å². The quantitative estimate of drug-likeness (QED) is 0.633. The van der Waals surface area contributed by atoms with E-state index < -0.39 is 0 Å². The van der Waals surface area contributed by atoms with Crippen LogP contribution in [0.3, 0.4) is 0 Å². The minimum atomic E-state index is 0.457. The van der Waals surface area contributed by atoms with E-state index in [0.717, 1.165) is 5.92 Å². The summed E-state index contributed by atoms with van der Waals surface area (Å²) in [7, 11) is 0. The summed E-state index contributed by atoms with van der Waals surface area (Å²) in [5, 5.41) is 0. The van der Waals surface area contributed by atoms with Crippen molar-refractivity contribution in [1.82, 2.24) is 0 Å². The molecule has 0 radical (unpaired) electrons. The van der Waals surface area contributed by atoms with Gasteiger partial charge in [0.2, 0.25) is 0 Å². The van der Waals surface area contributed by atoms with Crippen LogP contribution >= 0.6 is 35.4 Å². The minimum Gasteiger partial charge on any atom is -0.0651 e. The molecule has 0 nitrogen and oxygen atoms in total. The largest absolute Gasteiger partial charge is 0.0651 e. The van der Waals surface area contributed by atoms with E-state index in [1.807, 2.05) is 3.51 Å². The van der Waals surface area contributed by atoms with E-state index in [2.05, 4.69) is 25.5 Å². The SMILES string of the molecule is CCC1CCC(=II)C1. The maximum absolute atomic E-state index is 2.59. The van der Waals surface area contributed by atoms with Crippen molar-refractivity contribution in [1.29, 1.82) is 0 Å². The van der Waals surface area contributed by atoms with Crippen molar-refractivity contribution in [2.45, 2.75) is 32.6 Å². The Morgan fingerprint density at radius 2 is 2.56 bits per heavy atom. The smallest absolute Gasteiger partial charge is 0.00688 e. The molecule has 0 aromatic carbocycles. The number of halogens is 2. The van der Waals surface area contributed by atoms with E-state index in [1.54, 1.807) is 0 Å². The number of hydrogen-bond donors (Lipinski definition) is 0. The molecule has 1 aliphatic carbocycles. The van der Waals surface area contributed by atoms with Gasteiger partial charge in [0.05, 0.1) is 0 Å². The van der Waals surface area contributed by atoms with Crippen molar-refractivity contribution in [3.63, 3.8) is 0 Å². The molecule has 0 N–H and O–H groups in total. The van der Waals surface area contributed by atoms with Crippen molar-refractivity contribution < 1.29 is 0 Å². The van der Waals surface area contributed by atoms with Gasteiger partial charge in [-0.15, -0.1) is 0 Å². The molecule has 54 valence electrons. The molecular formula is C7H12I2. The first kappa shape index (κ1) is 8.43. The molecule has 0 aromatic rings. The van der Waals surface area contributed by atoms with Gasteiger partial charge in [-0.25, -0.2) is 0 Å². The molecular weight excluding hydrogens is 338 g/mol. The lowest BCUT2D eigenvalue weighted by molar-refractivity contribution is 0.541. The van der Waals surface area contributed by atoms with E-state index in [0.29, 0.717) is 16.8 Å². The predicted octanol–water partition coefficient (Wildman–Crippen LogP) is 3.69. The molecule has 0 aliphatic heterocycles. The first-order chi connectivity index (χ1) is 4.36. The second-order valence-corrected chi connectivity index (χ2v) is 7.27. The summed E-state index contributed by atoms with van der Waals surface area (Å²) in [5.74, 6) is 1.06. The lowest BCUT2D eigenvalue weighted by atomic mass is 10.1. The Labute approximate surface area is 76.7 Å². The Bertz CT molecular complexity index is 118. The third-order valence-corrected chi connectivity index (χ3v) is 7.44. The minimum absolute atomic E-state index is 0.457. The molecule has 1 atom stereocenters. The molecule has 1 fully saturated rings. The summed E-state index contributed by atoms with van der Waals surface area (Å²) in [5.41, 5.74) is 0. The van der Waals surface area contributed by atoms with Crippen molar-refractivity contribution in [2.24, 2.45) is 5.92 Å². The van der Waals surface area contributed by atoms with Gasteiger partial charge in [-0.1, -0.05) is 13.3 Å². The van der Waals surface area contributed by atoms with Gasteiger partial charge in [0, 0.05) is 0 Å². The van der Waals surface area contributed by atoms with E-state index in [9.17, 15) is 0 Å². The summed E-state index contributed by atoms with van der Waals surface area (Å²) in [6.45, 7) is 2.32. The van der Waals surface area contributed by atoms with Gasteiger partial charge >= 0.3 is 0 Å². The molecule has 0 bridgehead atoms. The molecule has 0 spiro atoms. The highest BCUT2D eigenvalue weighted by Crippen LogP contribution is 2.31. The van der Waals surface area contributed by atoms with Gasteiger partial charge in [-0.3, -0.25) is 0 Å². The fourth-order valence-corrected chi connectivity index (χ4v) is 5.08. The topological polar surface area (TPSA) is 0 Å². The maximum atomic E-state index is 2.59. The first-order valence-corrected chi connectivity index (χ1v) is 10.8. The van der Waals surface area contributed by atoms with Crippen LogP contribution in [0.5, 0.6) is 0 Å². The van der Waals surface area contributed by atoms with E-state index in [4.69, 9.17) is 0 Å². The maximum Gasteiger partial charge on any atom is -0.00688 e. The third-order valence-electron chi connectivity index (χ3n) is 2.01. The zero-order valence-corrected chi connectivity index (χ0v) is 9.98. The highest BCUT2D eigenvalue weighted by Gasteiger charge is 2.16. The van der Waals surface area contributed by atoms with Gasteiger partial charge in [-0.2, -0.15) is 0 Å². The zero-order chi connectivity index (χ0) is 6.69. The lowest BCUT2D eigenvalue weighted by Crippen LogP contribution is -1.89. The van der Waals surface area contributed by atoms with Crippen LogP contribution in [-0.2, 0) is 0 Å². The molecule has 1 saturated carbocycles. The van der Waals surface area contributed by atoms with E-state index >= 15 is 0 Å². The summed E-state index contributed by atoms with van der Waals surface area (Å²) < 4.78 is 1.90. The molecule has 9 heavy (non-hydrogen) atoms. The summed E-state index contributed by atoms with van der Waals surface area (Å²) in [4.78, 5) is 0. The average Bonchev–Trinajstić information content (AvgIpc) is 2.34. The number of rotatable bonds is 1. The molecule has 1 unspecified atom stereocenters. The second-order valence-electron chi connectivity index (χ2n) is 2.61. The molecule has 1 rings (SSSR count). The Balaban J connectivity index is 2.38. The van der Waals surface area contributed by atoms with Crippen LogP contribution in [0, 0.1) is 5.92 Å². The zero-order valence-electron chi connectivity index (χ0n) is 5.66. The fourth-order valence-electron chi connectivity index (χ4n) is 1.29. The Hall–Kier alpha value is 1.33. The lowest BCUT2D eigenvalue weighted by Gasteiger charge is -1.99. The molecule has 0 amide bonds. The van der Waals surface area contributed by atoms with Crippen LogP contribution in [-0.4, -0.2) is 3.51 Å². The molecule has 0 aromatic heterocycles. The first-order valence-electron chi connectivity index (χ1n) is 3.47. The van der Waals surface area contributed by atoms with Crippen LogP contribution in [0.1, 0.15) is 32.6 Å². The van der Waals surface area contributed by atoms with Crippen LogP contribution in [0.15, 0.2) is 0 Å².